The first-order valence-corrected chi connectivity index (χ1v) is 8.26. The molecule has 2 aromatic heterocycles. The lowest BCUT2D eigenvalue weighted by molar-refractivity contribution is -0.113. The fourth-order valence-electron chi connectivity index (χ4n) is 2.11. The van der Waals surface area contributed by atoms with Gasteiger partial charge in [-0.1, -0.05) is 23.4 Å². The van der Waals surface area contributed by atoms with Crippen LogP contribution < -0.4 is 10.9 Å². The molecule has 0 unspecified atom stereocenters. The van der Waals surface area contributed by atoms with Crippen LogP contribution in [0, 0.1) is 12.7 Å². The van der Waals surface area contributed by atoms with Crippen molar-refractivity contribution in [1.29, 1.82) is 0 Å². The standard InChI is InChI=1S/C15H12ClFN4O2S/c1-7-4-11-13(18-7)14(23)21-15(20-11)24-6-12(22)19-8-2-3-10(17)9(16)5-8/h2-5,18H,6H2,1H3,(H,19,22)(H,20,21,23). The highest BCUT2D eigenvalue weighted by atomic mass is 35.5. The number of carbonyl (C=O) groups excluding carboxylic acids is 1. The average Bonchev–Trinajstić information content (AvgIpc) is 2.90. The molecule has 0 saturated heterocycles. The Balaban J connectivity index is 1.67. The SMILES string of the molecule is Cc1cc2nc(SCC(=O)Nc3ccc(F)c(Cl)c3)[nH]c(=O)c2[nH]1. The van der Waals surface area contributed by atoms with E-state index >= 15 is 0 Å². The van der Waals surface area contributed by atoms with Crippen LogP contribution in [0.15, 0.2) is 34.2 Å². The van der Waals surface area contributed by atoms with Gasteiger partial charge in [0.25, 0.3) is 5.56 Å². The number of aryl methyl sites for hydroxylation is 1. The van der Waals surface area contributed by atoms with E-state index in [1.54, 1.807) is 6.07 Å². The third-order valence-corrected chi connectivity index (χ3v) is 4.31. The number of anilines is 1. The molecule has 1 aromatic carbocycles. The van der Waals surface area contributed by atoms with Crippen LogP contribution >= 0.6 is 23.4 Å². The Bertz CT molecular complexity index is 985. The van der Waals surface area contributed by atoms with E-state index in [1.807, 2.05) is 6.92 Å². The van der Waals surface area contributed by atoms with Crippen molar-refractivity contribution in [3.63, 3.8) is 0 Å². The van der Waals surface area contributed by atoms with Crippen LogP contribution in [0.5, 0.6) is 0 Å². The van der Waals surface area contributed by atoms with Crippen LogP contribution in [0.4, 0.5) is 10.1 Å². The first-order valence-electron chi connectivity index (χ1n) is 6.90. The van der Waals surface area contributed by atoms with Crippen molar-refractivity contribution < 1.29 is 9.18 Å². The predicted octanol–water partition coefficient (Wildman–Crippen LogP) is 3.08. The van der Waals surface area contributed by atoms with Crippen molar-refractivity contribution in [2.75, 3.05) is 11.1 Å². The maximum absolute atomic E-state index is 13.1. The molecule has 0 fully saturated rings. The Kier molecular flexibility index (Phi) is 4.59. The number of nitrogens with one attached hydrogen (secondary N) is 3. The van der Waals surface area contributed by atoms with Crippen molar-refractivity contribution >= 4 is 46.0 Å². The van der Waals surface area contributed by atoms with E-state index in [0.29, 0.717) is 21.9 Å². The monoisotopic (exact) mass is 366 g/mol. The van der Waals surface area contributed by atoms with Gasteiger partial charge >= 0.3 is 0 Å². The van der Waals surface area contributed by atoms with Crippen LogP contribution in [0.25, 0.3) is 11.0 Å². The number of aromatic amines is 2. The largest absolute Gasteiger partial charge is 0.353 e. The summed E-state index contributed by atoms with van der Waals surface area (Å²) in [5, 5.41) is 2.88. The summed E-state index contributed by atoms with van der Waals surface area (Å²) in [5.41, 5.74) is 1.88. The maximum Gasteiger partial charge on any atom is 0.275 e. The van der Waals surface area contributed by atoms with Crippen molar-refractivity contribution in [2.45, 2.75) is 12.1 Å². The molecule has 3 N–H and O–H groups in total. The molecule has 124 valence electrons. The smallest absolute Gasteiger partial charge is 0.275 e. The van der Waals surface area contributed by atoms with Gasteiger partial charge < -0.3 is 10.3 Å². The van der Waals surface area contributed by atoms with E-state index in [4.69, 9.17) is 11.6 Å². The van der Waals surface area contributed by atoms with Crippen LogP contribution in [0.1, 0.15) is 5.69 Å². The van der Waals surface area contributed by atoms with Crippen LogP contribution in [0.2, 0.25) is 5.02 Å². The zero-order valence-corrected chi connectivity index (χ0v) is 14.0. The third kappa shape index (κ3) is 3.60. The Morgan fingerprint density at radius 3 is 2.92 bits per heavy atom. The van der Waals surface area contributed by atoms with Gasteiger partial charge in [0.1, 0.15) is 11.3 Å². The van der Waals surface area contributed by atoms with E-state index in [0.717, 1.165) is 17.5 Å². The second-order valence-electron chi connectivity index (χ2n) is 5.05. The van der Waals surface area contributed by atoms with Crippen molar-refractivity contribution in [1.82, 2.24) is 15.0 Å². The van der Waals surface area contributed by atoms with Crippen molar-refractivity contribution in [3.8, 4) is 0 Å². The van der Waals surface area contributed by atoms with Gasteiger partial charge in [-0.15, -0.1) is 0 Å². The lowest BCUT2D eigenvalue weighted by atomic mass is 10.3. The predicted molar refractivity (Wildman–Crippen MR) is 92.2 cm³/mol. The normalized spacial score (nSPS) is 11.0. The van der Waals surface area contributed by atoms with Gasteiger partial charge in [0.15, 0.2) is 5.16 Å². The lowest BCUT2D eigenvalue weighted by Gasteiger charge is -2.05. The first kappa shape index (κ1) is 16.5. The van der Waals surface area contributed by atoms with Gasteiger partial charge in [0.2, 0.25) is 5.91 Å². The number of hydrogen-bond donors (Lipinski definition) is 3. The molecule has 6 nitrogen and oxygen atoms in total. The van der Waals surface area contributed by atoms with E-state index in [-0.39, 0.29) is 22.2 Å². The second kappa shape index (κ2) is 6.66. The summed E-state index contributed by atoms with van der Waals surface area (Å²) in [7, 11) is 0. The third-order valence-electron chi connectivity index (χ3n) is 3.14. The summed E-state index contributed by atoms with van der Waals surface area (Å²) in [6, 6.07) is 5.67. The number of benzene rings is 1. The minimum atomic E-state index is -0.555. The number of carbonyl (C=O) groups is 1. The molecule has 0 atom stereocenters. The number of nitrogens with zero attached hydrogens (tertiary/aromatic N) is 1. The fourth-order valence-corrected chi connectivity index (χ4v) is 2.95. The molecule has 0 aliphatic heterocycles. The molecular weight excluding hydrogens is 355 g/mol. The molecule has 1 amide bonds. The average molecular weight is 367 g/mol. The number of H-pyrrole nitrogens is 2. The highest BCUT2D eigenvalue weighted by molar-refractivity contribution is 7.99. The van der Waals surface area contributed by atoms with Gasteiger partial charge in [0.05, 0.1) is 16.3 Å². The summed E-state index contributed by atoms with van der Waals surface area (Å²) in [5.74, 6) is -0.844. The molecule has 24 heavy (non-hydrogen) atoms. The number of thioether (sulfide) groups is 1. The second-order valence-corrected chi connectivity index (χ2v) is 6.42. The molecule has 0 radical (unpaired) electrons. The Labute approximate surface area is 144 Å². The molecule has 3 aromatic rings. The zero-order valence-electron chi connectivity index (χ0n) is 12.4. The number of amides is 1. The number of fused-ring (bicyclic) bond motifs is 1. The molecule has 0 bridgehead atoms. The highest BCUT2D eigenvalue weighted by Gasteiger charge is 2.10. The van der Waals surface area contributed by atoms with Crippen molar-refractivity contribution in [3.05, 3.63) is 51.2 Å². The highest BCUT2D eigenvalue weighted by Crippen LogP contribution is 2.20. The molecule has 0 aliphatic carbocycles. The molecular formula is C15H12ClFN4O2S. The van der Waals surface area contributed by atoms with Crippen molar-refractivity contribution in [2.24, 2.45) is 0 Å². The molecule has 0 saturated carbocycles. The zero-order chi connectivity index (χ0) is 17.3. The quantitative estimate of drug-likeness (QED) is 0.489. The maximum atomic E-state index is 13.1. The van der Waals surface area contributed by atoms with E-state index in [9.17, 15) is 14.0 Å². The Morgan fingerprint density at radius 1 is 1.38 bits per heavy atom. The van der Waals surface area contributed by atoms with Gasteiger partial charge in [-0.05, 0) is 31.2 Å². The molecule has 0 spiro atoms. The Morgan fingerprint density at radius 2 is 2.17 bits per heavy atom. The summed E-state index contributed by atoms with van der Waals surface area (Å²) < 4.78 is 13.1. The lowest BCUT2D eigenvalue weighted by Crippen LogP contribution is -2.15. The fraction of sp³-hybridized carbons (Fsp3) is 0.133. The summed E-state index contributed by atoms with van der Waals surface area (Å²) in [4.78, 5) is 33.7. The van der Waals surface area contributed by atoms with Crippen LogP contribution in [0.3, 0.4) is 0 Å². The number of halogens is 2. The number of aromatic nitrogens is 3. The minimum Gasteiger partial charge on any atom is -0.353 e. The van der Waals surface area contributed by atoms with E-state index < -0.39 is 5.82 Å². The minimum absolute atomic E-state index is 0.0346. The Hall–Kier alpha value is -2.32. The van der Waals surface area contributed by atoms with E-state index in [2.05, 4.69) is 20.3 Å². The van der Waals surface area contributed by atoms with Gasteiger partial charge in [-0.3, -0.25) is 14.6 Å². The van der Waals surface area contributed by atoms with Gasteiger partial charge in [0, 0.05) is 11.4 Å². The van der Waals surface area contributed by atoms with Gasteiger partial charge in [-0.2, -0.15) is 0 Å². The summed E-state index contributed by atoms with van der Waals surface area (Å²) >= 11 is 6.75. The molecule has 9 heteroatoms. The summed E-state index contributed by atoms with van der Waals surface area (Å²) in [6.45, 7) is 1.83. The summed E-state index contributed by atoms with van der Waals surface area (Å²) in [6.07, 6.45) is 0. The molecule has 3 rings (SSSR count). The number of hydrogen-bond acceptors (Lipinski definition) is 4. The van der Waals surface area contributed by atoms with E-state index in [1.165, 1.54) is 18.2 Å². The number of rotatable bonds is 4. The van der Waals surface area contributed by atoms with Crippen LogP contribution in [-0.2, 0) is 4.79 Å². The van der Waals surface area contributed by atoms with Crippen LogP contribution in [-0.4, -0.2) is 26.6 Å². The molecule has 0 aliphatic rings. The van der Waals surface area contributed by atoms with Gasteiger partial charge in [-0.25, -0.2) is 9.37 Å². The topological polar surface area (TPSA) is 90.6 Å². The first-order chi connectivity index (χ1) is 11.4. The molecule has 2 heterocycles.